The van der Waals surface area contributed by atoms with Gasteiger partial charge in [0.15, 0.2) is 0 Å². The number of hydrogen-bond acceptors (Lipinski definition) is 3. The van der Waals surface area contributed by atoms with Crippen LogP contribution in [0.25, 0.3) is 0 Å². The van der Waals surface area contributed by atoms with E-state index >= 15 is 0 Å². The highest BCUT2D eigenvalue weighted by atomic mass is 79.9. The molecule has 0 bridgehead atoms. The molecule has 0 aromatic carbocycles. The van der Waals surface area contributed by atoms with Crippen molar-refractivity contribution in [2.24, 2.45) is 0 Å². The van der Waals surface area contributed by atoms with Gasteiger partial charge in [0.05, 0.1) is 0 Å². The molecule has 0 aliphatic carbocycles. The predicted octanol–water partition coefficient (Wildman–Crippen LogP) is 2.33. The van der Waals surface area contributed by atoms with Gasteiger partial charge in [0.1, 0.15) is 5.69 Å². The number of carbonyl (C=O) groups is 1. The van der Waals surface area contributed by atoms with E-state index < -0.39 is 0 Å². The molecule has 1 aromatic heterocycles. The number of aromatic nitrogens is 1. The molecule has 1 unspecified atom stereocenters. The number of pyridine rings is 1. The molecule has 5 heteroatoms. The van der Waals surface area contributed by atoms with Crippen molar-refractivity contribution in [2.75, 3.05) is 12.8 Å². The van der Waals surface area contributed by atoms with E-state index in [1.165, 1.54) is 0 Å². The number of amides is 1. The third-order valence-corrected chi connectivity index (χ3v) is 3.35. The Morgan fingerprint density at radius 3 is 2.93 bits per heavy atom. The monoisotopic (exact) mass is 288 g/mol. The average Bonchev–Trinajstić information content (AvgIpc) is 2.26. The SMILES string of the molecule is CSC(C)CNC(=O)c1ccc(Br)cn1. The third-order valence-electron chi connectivity index (χ3n) is 1.91. The number of carbonyl (C=O) groups excluding carboxylic acids is 1. The van der Waals surface area contributed by atoms with Crippen LogP contribution in [-0.2, 0) is 0 Å². The summed E-state index contributed by atoms with van der Waals surface area (Å²) < 4.78 is 0.872. The van der Waals surface area contributed by atoms with Crippen LogP contribution < -0.4 is 5.32 Å². The summed E-state index contributed by atoms with van der Waals surface area (Å²) in [4.78, 5) is 15.6. The molecule has 82 valence electrons. The zero-order chi connectivity index (χ0) is 11.3. The molecule has 0 aliphatic rings. The molecule has 1 N–H and O–H groups in total. The highest BCUT2D eigenvalue weighted by molar-refractivity contribution is 9.10. The van der Waals surface area contributed by atoms with Crippen LogP contribution in [-0.4, -0.2) is 28.9 Å². The molecule has 1 rings (SSSR count). The van der Waals surface area contributed by atoms with Gasteiger partial charge in [-0.3, -0.25) is 4.79 Å². The first-order valence-corrected chi connectivity index (χ1v) is 6.64. The van der Waals surface area contributed by atoms with E-state index in [9.17, 15) is 4.79 Å². The third kappa shape index (κ3) is 4.22. The highest BCUT2D eigenvalue weighted by Crippen LogP contribution is 2.07. The van der Waals surface area contributed by atoms with Crippen molar-refractivity contribution in [1.29, 1.82) is 0 Å². The van der Waals surface area contributed by atoms with Crippen LogP contribution in [0.2, 0.25) is 0 Å². The van der Waals surface area contributed by atoms with Crippen LogP contribution in [0.3, 0.4) is 0 Å². The minimum absolute atomic E-state index is 0.122. The molecular formula is C10H13BrN2OS. The van der Waals surface area contributed by atoms with Crippen molar-refractivity contribution in [3.8, 4) is 0 Å². The summed E-state index contributed by atoms with van der Waals surface area (Å²) in [6.07, 6.45) is 3.64. The summed E-state index contributed by atoms with van der Waals surface area (Å²) in [5, 5.41) is 3.25. The van der Waals surface area contributed by atoms with E-state index in [0.717, 1.165) is 4.47 Å². The van der Waals surface area contributed by atoms with Crippen molar-refractivity contribution >= 4 is 33.6 Å². The topological polar surface area (TPSA) is 42.0 Å². The number of thioether (sulfide) groups is 1. The highest BCUT2D eigenvalue weighted by Gasteiger charge is 2.07. The Bertz CT molecular complexity index is 329. The molecule has 1 heterocycles. The Morgan fingerprint density at radius 2 is 2.40 bits per heavy atom. The molecule has 15 heavy (non-hydrogen) atoms. The lowest BCUT2D eigenvalue weighted by Crippen LogP contribution is -2.29. The van der Waals surface area contributed by atoms with Gasteiger partial charge < -0.3 is 5.32 Å². The van der Waals surface area contributed by atoms with Gasteiger partial charge in [-0.05, 0) is 34.3 Å². The molecule has 0 aliphatic heterocycles. The summed E-state index contributed by atoms with van der Waals surface area (Å²) in [7, 11) is 0. The fraction of sp³-hybridized carbons (Fsp3) is 0.400. The van der Waals surface area contributed by atoms with E-state index in [-0.39, 0.29) is 5.91 Å². The fourth-order valence-electron chi connectivity index (χ4n) is 0.920. The van der Waals surface area contributed by atoms with Gasteiger partial charge >= 0.3 is 0 Å². The Hall–Kier alpha value is -0.550. The Kier molecular flexibility index (Phi) is 5.11. The van der Waals surface area contributed by atoms with E-state index in [2.05, 4.69) is 33.2 Å². The molecule has 0 saturated carbocycles. The molecule has 0 saturated heterocycles. The summed E-state index contributed by atoms with van der Waals surface area (Å²) >= 11 is 4.99. The van der Waals surface area contributed by atoms with E-state index in [1.807, 2.05) is 6.26 Å². The van der Waals surface area contributed by atoms with Crippen molar-refractivity contribution < 1.29 is 4.79 Å². The van der Waals surface area contributed by atoms with Gasteiger partial charge in [0.25, 0.3) is 5.91 Å². The quantitative estimate of drug-likeness (QED) is 0.925. The number of halogens is 1. The minimum Gasteiger partial charge on any atom is -0.350 e. The number of hydrogen-bond donors (Lipinski definition) is 1. The van der Waals surface area contributed by atoms with E-state index in [0.29, 0.717) is 17.5 Å². The van der Waals surface area contributed by atoms with Crippen molar-refractivity contribution in [2.45, 2.75) is 12.2 Å². The lowest BCUT2D eigenvalue weighted by atomic mass is 10.3. The Labute approximate surface area is 102 Å². The van der Waals surface area contributed by atoms with Gasteiger partial charge in [0.2, 0.25) is 0 Å². The Balaban J connectivity index is 2.50. The molecular weight excluding hydrogens is 276 g/mol. The lowest BCUT2D eigenvalue weighted by Gasteiger charge is -2.09. The van der Waals surface area contributed by atoms with Gasteiger partial charge in [-0.15, -0.1) is 0 Å². The van der Waals surface area contributed by atoms with Crippen molar-refractivity contribution in [3.63, 3.8) is 0 Å². The molecule has 1 atom stereocenters. The smallest absolute Gasteiger partial charge is 0.269 e. The lowest BCUT2D eigenvalue weighted by molar-refractivity contribution is 0.0949. The number of nitrogens with zero attached hydrogens (tertiary/aromatic N) is 1. The molecule has 3 nitrogen and oxygen atoms in total. The predicted molar refractivity (Wildman–Crippen MR) is 67.2 cm³/mol. The van der Waals surface area contributed by atoms with Gasteiger partial charge in [0, 0.05) is 22.5 Å². The normalized spacial score (nSPS) is 12.2. The zero-order valence-corrected chi connectivity index (χ0v) is 11.1. The first-order valence-electron chi connectivity index (χ1n) is 4.56. The maximum Gasteiger partial charge on any atom is 0.269 e. The van der Waals surface area contributed by atoms with Gasteiger partial charge in [-0.25, -0.2) is 4.98 Å². The maximum absolute atomic E-state index is 11.6. The summed E-state index contributed by atoms with van der Waals surface area (Å²) in [5.74, 6) is -0.122. The molecule has 0 fully saturated rings. The van der Waals surface area contributed by atoms with Crippen molar-refractivity contribution in [3.05, 3.63) is 28.5 Å². The van der Waals surface area contributed by atoms with Crippen LogP contribution in [0.15, 0.2) is 22.8 Å². The number of nitrogens with one attached hydrogen (secondary N) is 1. The summed E-state index contributed by atoms with van der Waals surface area (Å²) in [5.41, 5.74) is 0.450. The number of rotatable bonds is 4. The molecule has 0 spiro atoms. The maximum atomic E-state index is 11.6. The summed E-state index contributed by atoms with van der Waals surface area (Å²) in [6.45, 7) is 2.73. The zero-order valence-electron chi connectivity index (χ0n) is 8.66. The molecule has 1 aromatic rings. The van der Waals surface area contributed by atoms with Crippen LogP contribution in [0.4, 0.5) is 0 Å². The van der Waals surface area contributed by atoms with E-state index in [1.54, 1.807) is 30.1 Å². The molecule has 1 amide bonds. The standard InChI is InChI=1S/C10H13BrN2OS/c1-7(15-2)5-13-10(14)9-4-3-8(11)6-12-9/h3-4,6-7H,5H2,1-2H3,(H,13,14). The largest absolute Gasteiger partial charge is 0.350 e. The van der Waals surface area contributed by atoms with E-state index in [4.69, 9.17) is 0 Å². The van der Waals surface area contributed by atoms with Crippen LogP contribution in [0.5, 0.6) is 0 Å². The van der Waals surface area contributed by atoms with Crippen LogP contribution >= 0.6 is 27.7 Å². The average molecular weight is 289 g/mol. The second-order valence-electron chi connectivity index (χ2n) is 3.12. The van der Waals surface area contributed by atoms with Crippen molar-refractivity contribution in [1.82, 2.24) is 10.3 Å². The molecule has 0 radical (unpaired) electrons. The van der Waals surface area contributed by atoms with Gasteiger partial charge in [-0.1, -0.05) is 6.92 Å². The summed E-state index contributed by atoms with van der Waals surface area (Å²) in [6, 6.07) is 3.50. The fourth-order valence-corrected chi connectivity index (χ4v) is 1.40. The van der Waals surface area contributed by atoms with Gasteiger partial charge in [-0.2, -0.15) is 11.8 Å². The minimum atomic E-state index is -0.122. The second-order valence-corrected chi connectivity index (χ2v) is 5.31. The Morgan fingerprint density at radius 1 is 1.67 bits per heavy atom. The van der Waals surface area contributed by atoms with Crippen LogP contribution in [0.1, 0.15) is 17.4 Å². The van der Waals surface area contributed by atoms with Crippen LogP contribution in [0, 0.1) is 0 Å². The first-order chi connectivity index (χ1) is 7.13. The second kappa shape index (κ2) is 6.12. The first kappa shape index (κ1) is 12.5.